The highest BCUT2D eigenvalue weighted by Gasteiger charge is 2.54. The van der Waals surface area contributed by atoms with Crippen LogP contribution in [0.1, 0.15) is 64.5 Å². The molecule has 2 aliphatic rings. The van der Waals surface area contributed by atoms with Crippen molar-refractivity contribution in [1.29, 1.82) is 0 Å². The molecule has 0 spiro atoms. The third-order valence-electron chi connectivity index (χ3n) is 8.44. The number of halogens is 6. The normalized spacial score (nSPS) is 19.8. The van der Waals surface area contributed by atoms with Gasteiger partial charge in [0.2, 0.25) is 0 Å². The van der Waals surface area contributed by atoms with Gasteiger partial charge in [-0.3, -0.25) is 9.48 Å². The van der Waals surface area contributed by atoms with Gasteiger partial charge in [0.1, 0.15) is 29.6 Å². The van der Waals surface area contributed by atoms with Crippen molar-refractivity contribution < 1.29 is 36.2 Å². The Morgan fingerprint density at radius 1 is 0.818 bits per heavy atom. The number of benzene rings is 2. The molecular formula is C32H28F6N4O2. The maximum atomic E-state index is 14.6. The number of Topliss-reactive ketones (excluding diaryl/α,β-unsaturated/α-hetero) is 1. The van der Waals surface area contributed by atoms with Gasteiger partial charge < -0.3 is 10.0 Å². The number of nitrogens with zero attached hydrogens (tertiary/aromatic N) is 4. The molecule has 1 aliphatic heterocycles. The molecule has 2 atom stereocenters. The van der Waals surface area contributed by atoms with Crippen molar-refractivity contribution in [3.63, 3.8) is 0 Å². The number of alkyl halides is 6. The first-order valence-electron chi connectivity index (χ1n) is 14.2. The molecule has 0 amide bonds. The number of carbonyl (C=O) groups is 1. The Hall–Kier alpha value is -4.19. The summed E-state index contributed by atoms with van der Waals surface area (Å²) in [4.78, 5) is 18.3. The summed E-state index contributed by atoms with van der Waals surface area (Å²) in [5.41, 5.74) is 0.563. The van der Waals surface area contributed by atoms with Crippen LogP contribution < -0.4 is 4.90 Å². The predicted molar refractivity (Wildman–Crippen MR) is 149 cm³/mol. The number of hydrogen-bond donors (Lipinski definition) is 1. The molecule has 6 nitrogen and oxygen atoms in total. The molecule has 44 heavy (non-hydrogen) atoms. The molecule has 1 saturated heterocycles. The fraction of sp³-hybridized carbons (Fsp3) is 0.344. The third-order valence-corrected chi connectivity index (χ3v) is 8.44. The number of fused-ring (bicyclic) bond motifs is 1. The van der Waals surface area contributed by atoms with Crippen molar-refractivity contribution in [3.05, 3.63) is 113 Å². The number of piperidine rings is 1. The van der Waals surface area contributed by atoms with E-state index in [-0.39, 0.29) is 48.7 Å². The smallest absolute Gasteiger partial charge is 0.384 e. The van der Waals surface area contributed by atoms with Crippen molar-refractivity contribution >= 4 is 11.6 Å². The van der Waals surface area contributed by atoms with Crippen molar-refractivity contribution in [3.8, 4) is 0 Å². The zero-order chi connectivity index (χ0) is 31.2. The Balaban J connectivity index is 1.44. The number of ketones is 1. The third kappa shape index (κ3) is 5.58. The van der Waals surface area contributed by atoms with E-state index in [1.165, 1.54) is 16.8 Å². The van der Waals surface area contributed by atoms with Gasteiger partial charge in [-0.25, -0.2) is 4.98 Å². The summed E-state index contributed by atoms with van der Waals surface area (Å²) in [6.45, 7) is 0.471. The topological polar surface area (TPSA) is 71.2 Å². The Labute approximate surface area is 249 Å². The van der Waals surface area contributed by atoms with Crippen molar-refractivity contribution in [1.82, 2.24) is 14.8 Å². The molecule has 4 aromatic rings. The van der Waals surface area contributed by atoms with E-state index < -0.39 is 54.2 Å². The van der Waals surface area contributed by atoms with Crippen molar-refractivity contribution in [2.75, 3.05) is 18.0 Å². The summed E-state index contributed by atoms with van der Waals surface area (Å²) in [5, 5.41) is 15.4. The number of pyridine rings is 1. The van der Waals surface area contributed by atoms with Crippen LogP contribution in [0, 0.1) is 0 Å². The lowest BCUT2D eigenvalue weighted by molar-refractivity contribution is -0.179. The summed E-state index contributed by atoms with van der Waals surface area (Å²) in [7, 11) is 0. The Bertz CT molecular complexity index is 1590. The highest BCUT2D eigenvalue weighted by Crippen LogP contribution is 2.48. The van der Waals surface area contributed by atoms with E-state index in [9.17, 15) is 36.2 Å². The first-order chi connectivity index (χ1) is 20.9. The van der Waals surface area contributed by atoms with Crippen molar-refractivity contribution in [2.24, 2.45) is 0 Å². The zero-order valence-electron chi connectivity index (χ0n) is 23.3. The summed E-state index contributed by atoms with van der Waals surface area (Å²) in [6.07, 6.45) is -11.6. The molecule has 230 valence electrons. The quantitative estimate of drug-likeness (QED) is 0.262. The van der Waals surface area contributed by atoms with E-state index in [4.69, 9.17) is 5.10 Å². The SMILES string of the molecule is O=C1Cc2c(c(C3CCN(c4cccc(C(F)(F)F)n4)CC3)nn2C(c2ccccc2)c2ccccc2)[C@H](C(F)(F)F)[C@@H]1O. The van der Waals surface area contributed by atoms with Crippen LogP contribution >= 0.6 is 0 Å². The average Bonchev–Trinajstić information content (AvgIpc) is 3.35. The minimum absolute atomic E-state index is 0.109. The molecule has 6 rings (SSSR count). The number of carbonyl (C=O) groups excluding carboxylic acids is 1. The zero-order valence-corrected chi connectivity index (χ0v) is 23.3. The van der Waals surface area contributed by atoms with Crippen LogP contribution in [0.15, 0.2) is 78.9 Å². The van der Waals surface area contributed by atoms with E-state index in [1.807, 2.05) is 60.7 Å². The first kappa shape index (κ1) is 29.9. The van der Waals surface area contributed by atoms with Gasteiger partial charge in [-0.1, -0.05) is 66.7 Å². The number of rotatable bonds is 5. The van der Waals surface area contributed by atoms with Crippen LogP contribution in [0.2, 0.25) is 0 Å². The molecule has 0 bridgehead atoms. The first-order valence-corrected chi connectivity index (χ1v) is 14.2. The number of hydrogen-bond acceptors (Lipinski definition) is 5. The molecule has 1 N–H and O–H groups in total. The minimum Gasteiger partial charge on any atom is -0.384 e. The number of aromatic nitrogens is 3. The van der Waals surface area contributed by atoms with Crippen molar-refractivity contribution in [2.45, 2.75) is 55.6 Å². The number of aliphatic hydroxyl groups is 1. The Morgan fingerprint density at radius 2 is 1.41 bits per heavy atom. The molecular weight excluding hydrogens is 586 g/mol. The molecule has 2 aromatic heterocycles. The molecule has 0 radical (unpaired) electrons. The highest BCUT2D eigenvalue weighted by atomic mass is 19.4. The lowest BCUT2D eigenvalue weighted by Crippen LogP contribution is -2.43. The summed E-state index contributed by atoms with van der Waals surface area (Å²) in [5.74, 6) is -3.74. The van der Waals surface area contributed by atoms with E-state index in [0.717, 1.165) is 17.2 Å². The largest absolute Gasteiger partial charge is 0.433 e. The predicted octanol–water partition coefficient (Wildman–Crippen LogP) is 6.45. The van der Waals surface area contributed by atoms with Gasteiger partial charge in [0.05, 0.1) is 17.8 Å². The lowest BCUT2D eigenvalue weighted by Gasteiger charge is -2.34. The second-order valence-corrected chi connectivity index (χ2v) is 11.2. The van der Waals surface area contributed by atoms with Crippen LogP contribution in [0.4, 0.5) is 32.2 Å². The van der Waals surface area contributed by atoms with Crippen LogP contribution in [0.3, 0.4) is 0 Å². The fourth-order valence-corrected chi connectivity index (χ4v) is 6.37. The molecule has 0 saturated carbocycles. The maximum absolute atomic E-state index is 14.6. The van der Waals surface area contributed by atoms with Gasteiger partial charge in [-0.2, -0.15) is 31.4 Å². The molecule has 12 heteroatoms. The second-order valence-electron chi connectivity index (χ2n) is 11.2. The van der Waals surface area contributed by atoms with Gasteiger partial charge in [0.15, 0.2) is 5.78 Å². The Kier molecular flexibility index (Phi) is 7.73. The Morgan fingerprint density at radius 3 is 1.95 bits per heavy atom. The standard InChI is InChI=1S/C32H28F6N4O2/c33-31(34,35)24-12-7-13-25(39-24)41-16-14-19(15-17-41)28-26-22(18-23(43)30(44)27(26)32(36,37)38)42(40-28)29(20-8-3-1-4-9-20)21-10-5-2-6-11-21/h1-13,19,27,29-30,44H,14-18H2/t27-,30+/m0/s1. The average molecular weight is 615 g/mol. The van der Waals surface area contributed by atoms with Crippen LogP contribution in [-0.2, 0) is 17.4 Å². The van der Waals surface area contributed by atoms with Gasteiger partial charge in [0, 0.05) is 24.6 Å². The number of aliphatic hydroxyl groups excluding tert-OH is 1. The molecule has 1 aliphatic carbocycles. The minimum atomic E-state index is -4.93. The second kappa shape index (κ2) is 11.4. The van der Waals surface area contributed by atoms with E-state index in [0.29, 0.717) is 0 Å². The van der Waals surface area contributed by atoms with Gasteiger partial charge in [-0.05, 0) is 36.1 Å². The van der Waals surface area contributed by atoms with Crippen LogP contribution in [0.5, 0.6) is 0 Å². The summed E-state index contributed by atoms with van der Waals surface area (Å²) in [6, 6.07) is 21.2. The maximum Gasteiger partial charge on any atom is 0.433 e. The van der Waals surface area contributed by atoms with E-state index >= 15 is 0 Å². The van der Waals surface area contributed by atoms with Crippen LogP contribution in [-0.4, -0.2) is 51.0 Å². The van der Waals surface area contributed by atoms with E-state index in [1.54, 1.807) is 4.90 Å². The number of anilines is 1. The molecule has 0 unspecified atom stereocenters. The van der Waals surface area contributed by atoms with Gasteiger partial charge >= 0.3 is 12.4 Å². The fourth-order valence-electron chi connectivity index (χ4n) is 6.37. The molecule has 2 aromatic carbocycles. The molecule has 1 fully saturated rings. The van der Waals surface area contributed by atoms with Gasteiger partial charge in [0.25, 0.3) is 0 Å². The summed E-state index contributed by atoms with van der Waals surface area (Å²) < 4.78 is 85.1. The lowest BCUT2D eigenvalue weighted by atomic mass is 9.78. The van der Waals surface area contributed by atoms with Crippen LogP contribution in [0.25, 0.3) is 0 Å². The van der Waals surface area contributed by atoms with Gasteiger partial charge in [-0.15, -0.1) is 0 Å². The monoisotopic (exact) mass is 614 g/mol. The van der Waals surface area contributed by atoms with E-state index in [2.05, 4.69) is 4.98 Å². The highest BCUT2D eigenvalue weighted by molar-refractivity contribution is 5.88. The molecule has 3 heterocycles. The summed E-state index contributed by atoms with van der Waals surface area (Å²) >= 11 is 0.